The van der Waals surface area contributed by atoms with Crippen LogP contribution >= 0.6 is 0 Å². The van der Waals surface area contributed by atoms with E-state index >= 15 is 0 Å². The maximum absolute atomic E-state index is 12.0. The number of rotatable bonds is 4. The van der Waals surface area contributed by atoms with E-state index in [0.717, 1.165) is 5.56 Å². The second kappa shape index (κ2) is 7.76. The summed E-state index contributed by atoms with van der Waals surface area (Å²) in [4.78, 5) is 15.9. The third-order valence-electron chi connectivity index (χ3n) is 4.65. The summed E-state index contributed by atoms with van der Waals surface area (Å²) in [5.41, 5.74) is 8.54. The first-order valence-electron chi connectivity index (χ1n) is 9.14. The Labute approximate surface area is 169 Å². The van der Waals surface area contributed by atoms with Crippen LogP contribution < -0.4 is 10.6 Å². The molecule has 2 aromatic heterocycles. The van der Waals surface area contributed by atoms with E-state index in [0.29, 0.717) is 55.0 Å². The van der Waals surface area contributed by atoms with Crippen LogP contribution in [0.5, 0.6) is 0 Å². The molecule has 1 fully saturated rings. The van der Waals surface area contributed by atoms with Crippen LogP contribution in [-0.4, -0.2) is 55.9 Å². The van der Waals surface area contributed by atoms with Gasteiger partial charge in [0.25, 0.3) is 0 Å². The predicted molar refractivity (Wildman–Crippen MR) is 111 cm³/mol. The standard InChI is InChI=1S/C20H21N5O3S/c1-29(26,27)16-4-2-3-14(11-16)17-12-18(15-5-6-19(21)22-13-15)24-20(23-17)25-7-9-28-10-8-25/h2-6,11-13H,7-10H2,1H3,(H2,21,22). The van der Waals surface area contributed by atoms with Gasteiger partial charge in [0.2, 0.25) is 5.95 Å². The van der Waals surface area contributed by atoms with Crippen molar-refractivity contribution in [2.75, 3.05) is 43.2 Å². The van der Waals surface area contributed by atoms with E-state index in [4.69, 9.17) is 20.4 Å². The summed E-state index contributed by atoms with van der Waals surface area (Å²) in [5.74, 6) is 1.000. The van der Waals surface area contributed by atoms with Crippen molar-refractivity contribution in [3.05, 3.63) is 48.7 Å². The molecule has 0 bridgehead atoms. The Bertz CT molecular complexity index is 1130. The molecule has 1 aromatic carbocycles. The number of hydrogen-bond acceptors (Lipinski definition) is 8. The second-order valence-electron chi connectivity index (χ2n) is 6.81. The van der Waals surface area contributed by atoms with E-state index in [1.54, 1.807) is 30.5 Å². The van der Waals surface area contributed by atoms with Crippen molar-refractivity contribution in [2.45, 2.75) is 4.90 Å². The summed E-state index contributed by atoms with van der Waals surface area (Å²) in [7, 11) is -3.33. The average Bonchev–Trinajstić information content (AvgIpc) is 2.74. The zero-order chi connectivity index (χ0) is 20.4. The number of benzene rings is 1. The van der Waals surface area contributed by atoms with Gasteiger partial charge < -0.3 is 15.4 Å². The Morgan fingerprint density at radius 3 is 2.38 bits per heavy atom. The number of pyridine rings is 1. The Kier molecular flexibility index (Phi) is 5.16. The van der Waals surface area contributed by atoms with Crippen LogP contribution in [0.4, 0.5) is 11.8 Å². The molecule has 8 nitrogen and oxygen atoms in total. The molecular weight excluding hydrogens is 390 g/mol. The third-order valence-corrected chi connectivity index (χ3v) is 5.76. The SMILES string of the molecule is CS(=O)(=O)c1cccc(-c2cc(-c3ccc(N)nc3)nc(N3CCOCC3)n2)c1. The van der Waals surface area contributed by atoms with Crippen LogP contribution in [0.25, 0.3) is 22.5 Å². The van der Waals surface area contributed by atoms with Crippen LogP contribution in [-0.2, 0) is 14.6 Å². The molecule has 0 saturated carbocycles. The summed E-state index contributed by atoms with van der Waals surface area (Å²) in [6.45, 7) is 2.59. The number of aromatic nitrogens is 3. The highest BCUT2D eigenvalue weighted by atomic mass is 32.2. The summed E-state index contributed by atoms with van der Waals surface area (Å²) in [6, 6.07) is 12.2. The van der Waals surface area contributed by atoms with Gasteiger partial charge in [-0.25, -0.2) is 23.4 Å². The molecule has 9 heteroatoms. The Hall–Kier alpha value is -3.04. The van der Waals surface area contributed by atoms with Crippen molar-refractivity contribution in [3.63, 3.8) is 0 Å². The fourth-order valence-corrected chi connectivity index (χ4v) is 3.74. The van der Waals surface area contributed by atoms with Crippen molar-refractivity contribution < 1.29 is 13.2 Å². The number of ether oxygens (including phenoxy) is 1. The molecule has 0 atom stereocenters. The molecule has 29 heavy (non-hydrogen) atoms. The molecule has 1 saturated heterocycles. The van der Waals surface area contributed by atoms with Gasteiger partial charge in [-0.3, -0.25) is 0 Å². The predicted octanol–water partition coefficient (Wildman–Crippen LogP) is 2.03. The van der Waals surface area contributed by atoms with Gasteiger partial charge in [-0.2, -0.15) is 0 Å². The van der Waals surface area contributed by atoms with Crippen LogP contribution in [0.2, 0.25) is 0 Å². The summed E-state index contributed by atoms with van der Waals surface area (Å²) < 4.78 is 29.4. The van der Waals surface area contributed by atoms with Gasteiger partial charge in [-0.1, -0.05) is 12.1 Å². The number of sulfone groups is 1. The minimum atomic E-state index is -3.33. The maximum Gasteiger partial charge on any atom is 0.226 e. The lowest BCUT2D eigenvalue weighted by atomic mass is 10.1. The molecule has 0 amide bonds. The molecule has 150 valence electrons. The largest absolute Gasteiger partial charge is 0.384 e. The van der Waals surface area contributed by atoms with Crippen LogP contribution in [0.3, 0.4) is 0 Å². The van der Waals surface area contributed by atoms with Crippen LogP contribution in [0, 0.1) is 0 Å². The minimum absolute atomic E-state index is 0.247. The number of hydrogen-bond donors (Lipinski definition) is 1. The van der Waals surface area contributed by atoms with Gasteiger partial charge in [-0.15, -0.1) is 0 Å². The molecule has 2 N–H and O–H groups in total. The van der Waals surface area contributed by atoms with E-state index in [9.17, 15) is 8.42 Å². The van der Waals surface area contributed by atoms with E-state index in [-0.39, 0.29) is 4.90 Å². The minimum Gasteiger partial charge on any atom is -0.384 e. The van der Waals surface area contributed by atoms with Gasteiger partial charge >= 0.3 is 0 Å². The lowest BCUT2D eigenvalue weighted by Gasteiger charge is -2.27. The van der Waals surface area contributed by atoms with Crippen molar-refractivity contribution in [3.8, 4) is 22.5 Å². The highest BCUT2D eigenvalue weighted by Gasteiger charge is 2.18. The highest BCUT2D eigenvalue weighted by molar-refractivity contribution is 7.90. The number of morpholine rings is 1. The van der Waals surface area contributed by atoms with Crippen molar-refractivity contribution in [1.82, 2.24) is 15.0 Å². The zero-order valence-corrected chi connectivity index (χ0v) is 16.8. The highest BCUT2D eigenvalue weighted by Crippen LogP contribution is 2.28. The number of nitrogens with two attached hydrogens (primary N) is 1. The fourth-order valence-electron chi connectivity index (χ4n) is 3.08. The number of nitrogens with zero attached hydrogens (tertiary/aromatic N) is 4. The van der Waals surface area contributed by atoms with Gasteiger partial charge in [0.1, 0.15) is 5.82 Å². The molecule has 3 heterocycles. The summed E-state index contributed by atoms with van der Waals surface area (Å²) in [6.07, 6.45) is 2.86. The van der Waals surface area contributed by atoms with E-state index in [1.165, 1.54) is 6.26 Å². The number of nitrogen functional groups attached to an aromatic ring is 1. The fraction of sp³-hybridized carbons (Fsp3) is 0.250. The smallest absolute Gasteiger partial charge is 0.226 e. The molecule has 0 unspecified atom stereocenters. The molecular formula is C20H21N5O3S. The van der Waals surface area contributed by atoms with Crippen LogP contribution in [0.15, 0.2) is 53.6 Å². The molecule has 4 rings (SSSR count). The summed E-state index contributed by atoms with van der Waals surface area (Å²) >= 11 is 0. The second-order valence-corrected chi connectivity index (χ2v) is 8.83. The number of anilines is 2. The summed E-state index contributed by atoms with van der Waals surface area (Å²) in [5, 5.41) is 0. The molecule has 1 aliphatic rings. The van der Waals surface area contributed by atoms with Gasteiger partial charge in [0.15, 0.2) is 9.84 Å². The normalized spacial score (nSPS) is 14.7. The van der Waals surface area contributed by atoms with Crippen molar-refractivity contribution in [2.24, 2.45) is 0 Å². The van der Waals surface area contributed by atoms with E-state index in [1.807, 2.05) is 18.2 Å². The molecule has 0 spiro atoms. The lowest BCUT2D eigenvalue weighted by molar-refractivity contribution is 0.122. The van der Waals surface area contributed by atoms with Gasteiger partial charge in [-0.05, 0) is 30.3 Å². The molecule has 0 radical (unpaired) electrons. The third kappa shape index (κ3) is 4.36. The monoisotopic (exact) mass is 411 g/mol. The van der Waals surface area contributed by atoms with Crippen LogP contribution in [0.1, 0.15) is 0 Å². The first-order valence-corrected chi connectivity index (χ1v) is 11.0. The Morgan fingerprint density at radius 1 is 1.00 bits per heavy atom. The van der Waals surface area contributed by atoms with Gasteiger partial charge in [0, 0.05) is 36.7 Å². The van der Waals surface area contributed by atoms with Gasteiger partial charge in [0.05, 0.1) is 29.5 Å². The van der Waals surface area contributed by atoms with Crippen molar-refractivity contribution >= 4 is 21.6 Å². The first kappa shape index (κ1) is 19.3. The molecule has 0 aliphatic carbocycles. The quantitative estimate of drug-likeness (QED) is 0.694. The topological polar surface area (TPSA) is 111 Å². The molecule has 3 aromatic rings. The Balaban J connectivity index is 1.84. The average molecular weight is 411 g/mol. The first-order chi connectivity index (χ1) is 13.9. The van der Waals surface area contributed by atoms with Crippen molar-refractivity contribution in [1.29, 1.82) is 0 Å². The van der Waals surface area contributed by atoms with E-state index in [2.05, 4.69) is 9.88 Å². The van der Waals surface area contributed by atoms with E-state index < -0.39 is 9.84 Å². The molecule has 1 aliphatic heterocycles. The Morgan fingerprint density at radius 2 is 1.72 bits per heavy atom. The maximum atomic E-state index is 12.0. The lowest BCUT2D eigenvalue weighted by Crippen LogP contribution is -2.37. The zero-order valence-electron chi connectivity index (χ0n) is 15.9.